The molecule has 2 heterocycles. The number of hydrogen-bond acceptors (Lipinski definition) is 4. The summed E-state index contributed by atoms with van der Waals surface area (Å²) in [5.74, 6) is -2.98. The summed E-state index contributed by atoms with van der Waals surface area (Å²) in [5, 5.41) is 9.12. The number of aromatic nitrogens is 1. The average molecular weight is 260 g/mol. The normalized spacial score (nSPS) is 16.1. The molecule has 1 aliphatic heterocycles. The van der Waals surface area contributed by atoms with E-state index >= 15 is 0 Å². The van der Waals surface area contributed by atoms with Crippen LogP contribution >= 0.6 is 11.8 Å². The lowest BCUT2D eigenvalue weighted by atomic mass is 10.1. The van der Waals surface area contributed by atoms with E-state index in [1.165, 1.54) is 23.2 Å². The third kappa shape index (κ3) is 2.73. The number of likely N-dealkylation sites (tertiary alicyclic amines) is 1. The average Bonchev–Trinajstić information content (AvgIpc) is 2.24. The zero-order chi connectivity index (χ0) is 12.4. The van der Waals surface area contributed by atoms with E-state index in [1.807, 2.05) is 0 Å². The van der Waals surface area contributed by atoms with Gasteiger partial charge in [-0.2, -0.15) is 8.78 Å². The first-order valence-electron chi connectivity index (χ1n) is 4.95. The number of halogens is 2. The summed E-state index contributed by atoms with van der Waals surface area (Å²) in [6.07, 6.45) is 0.855. The van der Waals surface area contributed by atoms with Gasteiger partial charge >= 0.3 is 0 Å². The molecule has 0 saturated carbocycles. The first-order chi connectivity index (χ1) is 8.08. The van der Waals surface area contributed by atoms with Crippen molar-refractivity contribution in [2.24, 2.45) is 0 Å². The van der Waals surface area contributed by atoms with Crippen LogP contribution in [0.1, 0.15) is 10.4 Å². The van der Waals surface area contributed by atoms with Crippen LogP contribution in [0.4, 0.5) is 8.78 Å². The number of nitrogens with zero attached hydrogens (tertiary/aromatic N) is 2. The van der Waals surface area contributed by atoms with Crippen molar-refractivity contribution in [3.63, 3.8) is 0 Å². The van der Waals surface area contributed by atoms with Crippen LogP contribution in [0.2, 0.25) is 0 Å². The molecule has 1 aliphatic rings. The molecule has 1 saturated heterocycles. The molecule has 1 amide bonds. The second-order valence-electron chi connectivity index (χ2n) is 3.60. The first kappa shape index (κ1) is 12.3. The summed E-state index contributed by atoms with van der Waals surface area (Å²) >= 11 is 0.252. The van der Waals surface area contributed by atoms with E-state index in [9.17, 15) is 13.6 Å². The molecule has 0 radical (unpaired) electrons. The van der Waals surface area contributed by atoms with Gasteiger partial charge in [0.15, 0.2) is 0 Å². The standard InChI is InChI=1S/C10H10F2N2O2S/c11-10(12)17-8-7(2-1-3-13-8)9(16)14-4-6(15)5-14/h1-3,6,10,15H,4-5H2. The molecule has 1 fully saturated rings. The highest BCUT2D eigenvalue weighted by molar-refractivity contribution is 7.99. The summed E-state index contributed by atoms with van der Waals surface area (Å²) in [4.78, 5) is 17.1. The smallest absolute Gasteiger partial charge is 0.290 e. The van der Waals surface area contributed by atoms with E-state index in [2.05, 4.69) is 4.98 Å². The second-order valence-corrected chi connectivity index (χ2v) is 4.58. The van der Waals surface area contributed by atoms with Gasteiger partial charge in [0.2, 0.25) is 0 Å². The highest BCUT2D eigenvalue weighted by Crippen LogP contribution is 2.27. The summed E-state index contributed by atoms with van der Waals surface area (Å²) < 4.78 is 24.6. The molecular weight excluding hydrogens is 250 g/mol. The number of aliphatic hydroxyl groups excluding tert-OH is 1. The first-order valence-corrected chi connectivity index (χ1v) is 5.83. The largest absolute Gasteiger partial charge is 0.389 e. The van der Waals surface area contributed by atoms with Gasteiger partial charge < -0.3 is 10.0 Å². The number of amides is 1. The number of pyridine rings is 1. The monoisotopic (exact) mass is 260 g/mol. The minimum absolute atomic E-state index is 0.0221. The second kappa shape index (κ2) is 4.97. The Hall–Kier alpha value is -1.21. The van der Waals surface area contributed by atoms with Crippen LogP contribution < -0.4 is 0 Å². The van der Waals surface area contributed by atoms with Crippen molar-refractivity contribution in [3.8, 4) is 0 Å². The molecule has 4 nitrogen and oxygen atoms in total. The van der Waals surface area contributed by atoms with Crippen molar-refractivity contribution in [2.75, 3.05) is 13.1 Å². The molecule has 0 aliphatic carbocycles. The van der Waals surface area contributed by atoms with Crippen molar-refractivity contribution >= 4 is 17.7 Å². The van der Waals surface area contributed by atoms with Gasteiger partial charge in [0.1, 0.15) is 5.03 Å². The fourth-order valence-corrected chi connectivity index (χ4v) is 2.10. The number of carbonyl (C=O) groups excluding carboxylic acids is 1. The van der Waals surface area contributed by atoms with Gasteiger partial charge in [-0.15, -0.1) is 0 Å². The molecule has 92 valence electrons. The number of thioether (sulfide) groups is 1. The Kier molecular flexibility index (Phi) is 3.58. The molecule has 1 aromatic heterocycles. The van der Waals surface area contributed by atoms with Crippen LogP contribution in [0, 0.1) is 0 Å². The maximum atomic E-state index is 12.3. The van der Waals surface area contributed by atoms with Crippen molar-refractivity contribution in [1.29, 1.82) is 0 Å². The summed E-state index contributed by atoms with van der Waals surface area (Å²) in [6.45, 7) is 0.485. The van der Waals surface area contributed by atoms with Crippen LogP contribution in [0.5, 0.6) is 0 Å². The number of hydrogen-bond donors (Lipinski definition) is 1. The van der Waals surface area contributed by atoms with Gasteiger partial charge in [0, 0.05) is 19.3 Å². The fraction of sp³-hybridized carbons (Fsp3) is 0.400. The lowest BCUT2D eigenvalue weighted by Gasteiger charge is -2.36. The van der Waals surface area contributed by atoms with Gasteiger partial charge in [-0.05, 0) is 23.9 Å². The lowest BCUT2D eigenvalue weighted by Crippen LogP contribution is -2.53. The highest BCUT2D eigenvalue weighted by Gasteiger charge is 2.31. The Morgan fingerprint density at radius 1 is 1.59 bits per heavy atom. The maximum Gasteiger partial charge on any atom is 0.290 e. The number of carbonyl (C=O) groups is 1. The Bertz CT molecular complexity index is 425. The van der Waals surface area contributed by atoms with Gasteiger partial charge in [-0.3, -0.25) is 4.79 Å². The van der Waals surface area contributed by atoms with E-state index < -0.39 is 11.9 Å². The number of aliphatic hydroxyl groups is 1. The molecule has 0 bridgehead atoms. The quantitative estimate of drug-likeness (QED) is 0.830. The minimum atomic E-state index is -2.61. The van der Waals surface area contributed by atoms with E-state index in [-0.39, 0.29) is 41.3 Å². The van der Waals surface area contributed by atoms with Crippen LogP contribution in [-0.2, 0) is 0 Å². The molecule has 2 rings (SSSR count). The highest BCUT2D eigenvalue weighted by atomic mass is 32.2. The number of rotatable bonds is 3. The van der Waals surface area contributed by atoms with Crippen LogP contribution in [0.15, 0.2) is 23.4 Å². The molecule has 1 aromatic rings. The third-order valence-electron chi connectivity index (χ3n) is 2.35. The van der Waals surface area contributed by atoms with Gasteiger partial charge in [0.25, 0.3) is 11.7 Å². The summed E-state index contributed by atoms with van der Waals surface area (Å²) in [7, 11) is 0. The van der Waals surface area contributed by atoms with E-state index in [1.54, 1.807) is 0 Å². The van der Waals surface area contributed by atoms with Crippen LogP contribution in [0.3, 0.4) is 0 Å². The molecular formula is C10H10F2N2O2S. The SMILES string of the molecule is O=C(c1cccnc1SC(F)F)N1CC(O)C1. The van der Waals surface area contributed by atoms with Gasteiger partial charge in [-0.25, -0.2) is 4.98 Å². The Labute approximate surface area is 101 Å². The molecule has 0 spiro atoms. The lowest BCUT2D eigenvalue weighted by molar-refractivity contribution is 0.00560. The summed E-state index contributed by atoms with van der Waals surface area (Å²) in [6, 6.07) is 2.99. The fourth-order valence-electron chi connectivity index (χ4n) is 1.52. The van der Waals surface area contributed by atoms with Gasteiger partial charge in [-0.1, -0.05) is 0 Å². The van der Waals surface area contributed by atoms with Crippen LogP contribution in [0.25, 0.3) is 0 Å². The van der Waals surface area contributed by atoms with E-state index in [0.717, 1.165) is 0 Å². The van der Waals surface area contributed by atoms with Crippen LogP contribution in [-0.4, -0.2) is 45.8 Å². The molecule has 1 N–H and O–H groups in total. The number of alkyl halides is 2. The molecule has 7 heteroatoms. The Morgan fingerprint density at radius 2 is 2.29 bits per heavy atom. The van der Waals surface area contributed by atoms with E-state index in [4.69, 9.17) is 5.11 Å². The van der Waals surface area contributed by atoms with Crippen molar-refractivity contribution in [3.05, 3.63) is 23.9 Å². The Balaban J connectivity index is 2.16. The number of β-amino-alcohol motifs (C(OH)–C–C–N with tert-alkyl or cyclic N) is 1. The topological polar surface area (TPSA) is 53.4 Å². The molecule has 0 unspecified atom stereocenters. The summed E-state index contributed by atoms with van der Waals surface area (Å²) in [5.41, 5.74) is 0.157. The van der Waals surface area contributed by atoms with Crippen molar-refractivity contribution < 1.29 is 18.7 Å². The van der Waals surface area contributed by atoms with E-state index in [0.29, 0.717) is 0 Å². The van der Waals surface area contributed by atoms with Crippen molar-refractivity contribution in [2.45, 2.75) is 16.9 Å². The van der Waals surface area contributed by atoms with Gasteiger partial charge in [0.05, 0.1) is 11.7 Å². The Morgan fingerprint density at radius 3 is 2.88 bits per heavy atom. The maximum absolute atomic E-state index is 12.3. The zero-order valence-corrected chi connectivity index (χ0v) is 9.53. The molecule has 0 atom stereocenters. The predicted molar refractivity (Wildman–Crippen MR) is 58.0 cm³/mol. The minimum Gasteiger partial charge on any atom is -0.389 e. The zero-order valence-electron chi connectivity index (χ0n) is 8.72. The molecule has 17 heavy (non-hydrogen) atoms. The third-order valence-corrected chi connectivity index (χ3v) is 3.08. The predicted octanol–water partition coefficient (Wildman–Crippen LogP) is 1.21. The molecule has 0 aromatic carbocycles. The van der Waals surface area contributed by atoms with Crippen molar-refractivity contribution in [1.82, 2.24) is 9.88 Å².